The fourth-order valence-electron chi connectivity index (χ4n) is 5.35. The van der Waals surface area contributed by atoms with Gasteiger partial charge in [-0.3, -0.25) is 0 Å². The van der Waals surface area contributed by atoms with Crippen molar-refractivity contribution in [3.05, 3.63) is 72.6 Å². The molecule has 0 amide bonds. The predicted octanol–water partition coefficient (Wildman–Crippen LogP) is 1.46. The summed E-state index contributed by atoms with van der Waals surface area (Å²) in [5.41, 5.74) is 13.8. The van der Waals surface area contributed by atoms with Gasteiger partial charge in [-0.05, 0) is 0 Å². The number of allylic oxidation sites excluding steroid dienone is 4. The first kappa shape index (κ1) is 28.5. The van der Waals surface area contributed by atoms with Gasteiger partial charge in [-0.2, -0.15) is 0 Å². The molecule has 0 nitrogen and oxygen atoms in total. The van der Waals surface area contributed by atoms with Crippen molar-refractivity contribution in [3.8, 4) is 11.1 Å². The topological polar surface area (TPSA) is 0 Å². The number of benzene rings is 2. The Hall–Kier alpha value is -0.747. The molecule has 0 spiro atoms. The van der Waals surface area contributed by atoms with Crippen molar-refractivity contribution < 1.29 is 46.1 Å². The number of aryl methyl sites for hydroxylation is 3. The largest absolute Gasteiger partial charge is 1.00 e. The monoisotopic (exact) mass is 558 g/mol. The average Bonchev–Trinajstić information content (AvgIpc) is 3.20. The Bertz CT molecular complexity index is 1200. The zero-order chi connectivity index (χ0) is 22.8. The van der Waals surface area contributed by atoms with Crippen LogP contribution in [0, 0.1) is 39.0 Å². The standard InChI is InChI=1S/C17H17.C10H15.C3H6.2ClH.Zr/c1-10-5-14-9-15-6-11(2)13(4)8-17(15)16(14)7-12(10)3;1-8-5-6-9(7-8)10(2,3)4;1-3-2;;;/h5,7-8H,9H2,1-4H3;6-8H,1-4H3;1-2H3;2*1H;/q;;;;;+2/p-2. The zero-order valence-electron chi connectivity index (χ0n) is 21.9. The van der Waals surface area contributed by atoms with Crippen LogP contribution in [-0.2, 0) is 27.7 Å². The van der Waals surface area contributed by atoms with Crippen LogP contribution in [0.1, 0.15) is 74.9 Å². The van der Waals surface area contributed by atoms with Crippen LogP contribution >= 0.6 is 0 Å². The van der Waals surface area contributed by atoms with E-state index in [4.69, 9.17) is 0 Å². The van der Waals surface area contributed by atoms with Crippen molar-refractivity contribution in [1.29, 1.82) is 0 Å². The van der Waals surface area contributed by atoms with E-state index in [-0.39, 0.29) is 30.2 Å². The van der Waals surface area contributed by atoms with E-state index < -0.39 is 21.3 Å². The first-order chi connectivity index (χ1) is 14.4. The molecule has 2 aliphatic carbocycles. The van der Waals surface area contributed by atoms with Gasteiger partial charge in [-0.15, -0.1) is 0 Å². The molecule has 2 aliphatic rings. The number of halogens is 2. The summed E-state index contributed by atoms with van der Waals surface area (Å²) >= 11 is -2.18. The number of hydrogen-bond acceptors (Lipinski definition) is 0. The molecule has 4 rings (SSSR count). The Morgan fingerprint density at radius 2 is 1.45 bits per heavy atom. The van der Waals surface area contributed by atoms with Crippen LogP contribution in [0.25, 0.3) is 11.1 Å². The molecule has 0 bridgehead atoms. The summed E-state index contributed by atoms with van der Waals surface area (Å²) in [7, 11) is 0. The molecule has 0 aromatic heterocycles. The number of hydrogen-bond donors (Lipinski definition) is 0. The van der Waals surface area contributed by atoms with Gasteiger partial charge in [0.25, 0.3) is 0 Å². The maximum atomic E-state index is 2.61. The maximum Gasteiger partial charge on any atom is -1.00 e. The van der Waals surface area contributed by atoms with Crippen LogP contribution in [0.3, 0.4) is 0 Å². The molecule has 33 heavy (non-hydrogen) atoms. The van der Waals surface area contributed by atoms with Crippen LogP contribution in [0.2, 0.25) is 0 Å². The van der Waals surface area contributed by atoms with Gasteiger partial charge in [0.1, 0.15) is 0 Å². The normalized spacial score (nSPS) is 16.0. The van der Waals surface area contributed by atoms with Crippen molar-refractivity contribution in [3.63, 3.8) is 0 Å². The summed E-state index contributed by atoms with van der Waals surface area (Å²) in [6.07, 6.45) is 6.27. The molecular formula is C30H38Cl2Zr. The van der Waals surface area contributed by atoms with Gasteiger partial charge >= 0.3 is 198 Å². The van der Waals surface area contributed by atoms with Crippen molar-refractivity contribution in [2.24, 2.45) is 11.3 Å². The Kier molecular flexibility index (Phi) is 8.71. The Balaban J connectivity index is 0.00000193. The van der Waals surface area contributed by atoms with Gasteiger partial charge in [0.2, 0.25) is 0 Å². The summed E-state index contributed by atoms with van der Waals surface area (Å²) in [4.78, 5) is 0. The molecule has 0 saturated heterocycles. The molecule has 176 valence electrons. The quantitative estimate of drug-likeness (QED) is 0.446. The van der Waals surface area contributed by atoms with Crippen molar-refractivity contribution >= 4 is 6.48 Å². The van der Waals surface area contributed by atoms with E-state index in [0.29, 0.717) is 5.92 Å². The molecular weight excluding hydrogens is 522 g/mol. The zero-order valence-corrected chi connectivity index (χ0v) is 25.9. The van der Waals surface area contributed by atoms with Gasteiger partial charge < -0.3 is 24.8 Å². The van der Waals surface area contributed by atoms with Crippen LogP contribution in [0.4, 0.5) is 0 Å². The van der Waals surface area contributed by atoms with E-state index in [0.717, 1.165) is 6.42 Å². The van der Waals surface area contributed by atoms with Gasteiger partial charge in [-0.1, -0.05) is 0 Å². The van der Waals surface area contributed by atoms with E-state index in [2.05, 4.69) is 99.6 Å². The van der Waals surface area contributed by atoms with Crippen LogP contribution in [-0.4, -0.2) is 3.21 Å². The van der Waals surface area contributed by atoms with Crippen molar-refractivity contribution in [1.82, 2.24) is 0 Å². The van der Waals surface area contributed by atoms with Gasteiger partial charge in [0, 0.05) is 0 Å². The summed E-state index contributed by atoms with van der Waals surface area (Å²) in [6.45, 7) is 23.6. The Morgan fingerprint density at radius 3 is 2.00 bits per heavy atom. The van der Waals surface area contributed by atoms with E-state index in [1.54, 1.807) is 20.9 Å². The SMILES string of the molecule is C[C](C)=[Zr+2]([C]1=CC(C(C)(C)C)=CC1C)[c]1c(C)c(C)cc2c1Cc1cc(C)c(C)cc1-2.[Cl-].[Cl-]. The van der Waals surface area contributed by atoms with Gasteiger partial charge in [0.15, 0.2) is 0 Å². The first-order valence-corrected chi connectivity index (χ1v) is 15.4. The van der Waals surface area contributed by atoms with Gasteiger partial charge in [-0.25, -0.2) is 0 Å². The summed E-state index contributed by atoms with van der Waals surface area (Å²) in [5.74, 6) is 0.572. The molecule has 0 aliphatic heterocycles. The third kappa shape index (κ3) is 4.98. The smallest absolute Gasteiger partial charge is 1.00 e. The van der Waals surface area contributed by atoms with Crippen molar-refractivity contribution in [2.75, 3.05) is 0 Å². The second kappa shape index (κ2) is 10.1. The van der Waals surface area contributed by atoms with Crippen LogP contribution in [0.15, 0.2) is 39.2 Å². The number of rotatable bonds is 2. The van der Waals surface area contributed by atoms with Crippen LogP contribution in [0.5, 0.6) is 0 Å². The molecule has 1 atom stereocenters. The first-order valence-electron chi connectivity index (χ1n) is 11.8. The third-order valence-corrected chi connectivity index (χ3v) is 15.7. The molecule has 0 radical (unpaired) electrons. The second-order valence-corrected chi connectivity index (χ2v) is 18.1. The molecule has 0 saturated carbocycles. The Morgan fingerprint density at radius 1 is 0.879 bits per heavy atom. The minimum absolute atomic E-state index is 0. The number of fused-ring (bicyclic) bond motifs is 3. The molecule has 0 heterocycles. The van der Waals surface area contributed by atoms with Crippen LogP contribution < -0.4 is 28.1 Å². The summed E-state index contributed by atoms with van der Waals surface area (Å²) in [6, 6.07) is 7.37. The molecule has 2 aromatic rings. The van der Waals surface area contributed by atoms with E-state index in [1.165, 1.54) is 39.0 Å². The summed E-state index contributed by atoms with van der Waals surface area (Å²) < 4.78 is 5.24. The van der Waals surface area contributed by atoms with Gasteiger partial charge in [0.05, 0.1) is 0 Å². The molecule has 0 N–H and O–H groups in total. The van der Waals surface area contributed by atoms with Crippen molar-refractivity contribution in [2.45, 2.75) is 75.7 Å². The fourth-order valence-corrected chi connectivity index (χ4v) is 13.5. The average molecular weight is 561 g/mol. The Labute approximate surface area is 221 Å². The minimum Gasteiger partial charge on any atom is -1.00 e. The fraction of sp³-hybridized carbons (Fsp3) is 0.433. The van der Waals surface area contributed by atoms with E-state index in [9.17, 15) is 0 Å². The third-order valence-electron chi connectivity index (χ3n) is 7.47. The predicted molar refractivity (Wildman–Crippen MR) is 134 cm³/mol. The van der Waals surface area contributed by atoms with E-state index >= 15 is 0 Å². The molecule has 1 unspecified atom stereocenters. The van der Waals surface area contributed by atoms with E-state index in [1.807, 2.05) is 0 Å². The minimum atomic E-state index is -2.18. The second-order valence-electron chi connectivity index (χ2n) is 11.1. The molecule has 0 fully saturated rings. The molecule has 3 heteroatoms. The molecule has 2 aromatic carbocycles. The summed E-state index contributed by atoms with van der Waals surface area (Å²) in [5, 5.41) is 0. The maximum absolute atomic E-state index is 2.61.